The number of benzene rings is 1. The fraction of sp³-hybridized carbons (Fsp3) is 0.0526. The van der Waals surface area contributed by atoms with E-state index in [2.05, 4.69) is 44.4 Å². The minimum Gasteiger partial charge on any atom is -0.370 e. The highest BCUT2D eigenvalue weighted by Crippen LogP contribution is 2.35. The molecule has 1 aromatic carbocycles. The van der Waals surface area contributed by atoms with E-state index in [1.165, 1.54) is 0 Å². The SMILES string of the molecule is C.[C-]#[N+]c1nc2c(nc1C#N)c1nc(C#N)c(C#N)nc1c1nc([N+]#[C-])c([N+]#[C-])nc21. The highest BCUT2D eigenvalue weighted by atomic mass is 15.0. The number of hydrogen-bond acceptors (Lipinski definition) is 9. The monoisotopic (exact) mass is 400 g/mol. The number of nitriles is 3. The Morgan fingerprint density at radius 1 is 0.484 bits per heavy atom. The van der Waals surface area contributed by atoms with Crippen LogP contribution in [0.25, 0.3) is 47.6 Å². The number of aromatic nitrogens is 6. The minimum absolute atomic E-state index is 0. The molecule has 0 aliphatic rings. The van der Waals surface area contributed by atoms with Crippen molar-refractivity contribution < 1.29 is 0 Å². The molecular formula is C19H4N12. The summed E-state index contributed by atoms with van der Waals surface area (Å²) in [6.07, 6.45) is 0. The van der Waals surface area contributed by atoms with Crippen LogP contribution in [0.2, 0.25) is 0 Å². The molecule has 0 fully saturated rings. The Balaban J connectivity index is 0.00000272. The lowest BCUT2D eigenvalue weighted by molar-refractivity contribution is 1.19. The molecule has 0 saturated heterocycles. The van der Waals surface area contributed by atoms with E-state index in [0.29, 0.717) is 0 Å². The van der Waals surface area contributed by atoms with Crippen molar-refractivity contribution in [2.75, 3.05) is 0 Å². The molecule has 0 amide bonds. The fourth-order valence-corrected chi connectivity index (χ4v) is 2.73. The second-order valence-electron chi connectivity index (χ2n) is 5.45. The molecule has 0 radical (unpaired) electrons. The molecule has 140 valence electrons. The first-order chi connectivity index (χ1) is 14.6. The first kappa shape index (κ1) is 19.9. The van der Waals surface area contributed by atoms with Gasteiger partial charge in [-0.15, -0.1) is 15.0 Å². The minimum atomic E-state index is -0.298. The highest BCUT2D eigenvalue weighted by molar-refractivity contribution is 6.19. The molecule has 31 heavy (non-hydrogen) atoms. The Hall–Kier alpha value is -5.82. The first-order valence-corrected chi connectivity index (χ1v) is 7.70. The van der Waals surface area contributed by atoms with Crippen molar-refractivity contribution in [1.29, 1.82) is 15.8 Å². The lowest BCUT2D eigenvalue weighted by atomic mass is 10.1. The molecule has 12 nitrogen and oxygen atoms in total. The topological polar surface area (TPSA) is 162 Å². The van der Waals surface area contributed by atoms with Gasteiger partial charge in [0, 0.05) is 0 Å². The molecule has 0 N–H and O–H groups in total. The zero-order valence-electron chi connectivity index (χ0n) is 14.4. The van der Waals surface area contributed by atoms with Gasteiger partial charge in [-0.2, -0.15) is 15.8 Å². The van der Waals surface area contributed by atoms with E-state index < -0.39 is 0 Å². The molecule has 0 atom stereocenters. The van der Waals surface area contributed by atoms with E-state index in [1.54, 1.807) is 18.2 Å². The van der Waals surface area contributed by atoms with Crippen molar-refractivity contribution in [2.24, 2.45) is 0 Å². The van der Waals surface area contributed by atoms with Crippen molar-refractivity contribution >= 4 is 50.6 Å². The van der Waals surface area contributed by atoms with Crippen LogP contribution >= 0.6 is 0 Å². The average molecular weight is 400 g/mol. The summed E-state index contributed by atoms with van der Waals surface area (Å²) in [7, 11) is 0. The first-order valence-electron chi connectivity index (χ1n) is 7.70. The van der Waals surface area contributed by atoms with E-state index in [-0.39, 0.29) is 75.1 Å². The van der Waals surface area contributed by atoms with Gasteiger partial charge in [0.1, 0.15) is 34.8 Å². The van der Waals surface area contributed by atoms with Gasteiger partial charge in [0.2, 0.25) is 11.0 Å². The van der Waals surface area contributed by atoms with Crippen molar-refractivity contribution in [3.8, 4) is 18.2 Å². The van der Waals surface area contributed by atoms with Crippen molar-refractivity contribution in [2.45, 2.75) is 7.43 Å². The second kappa shape index (κ2) is 7.30. The third kappa shape index (κ3) is 2.72. The summed E-state index contributed by atoms with van der Waals surface area (Å²) < 4.78 is 0. The van der Waals surface area contributed by atoms with Crippen LogP contribution in [0.15, 0.2) is 0 Å². The quantitative estimate of drug-likeness (QED) is 0.318. The molecule has 12 heteroatoms. The zero-order chi connectivity index (χ0) is 21.4. The molecule has 0 bridgehead atoms. The van der Waals surface area contributed by atoms with Crippen LogP contribution in [0.5, 0.6) is 0 Å². The molecule has 0 saturated carbocycles. The van der Waals surface area contributed by atoms with Crippen LogP contribution in [0.4, 0.5) is 17.5 Å². The lowest BCUT2D eigenvalue weighted by Crippen LogP contribution is -2.02. The maximum Gasteiger partial charge on any atom is 0.307 e. The lowest BCUT2D eigenvalue weighted by Gasteiger charge is -2.04. The van der Waals surface area contributed by atoms with E-state index in [4.69, 9.17) is 19.7 Å². The molecule has 0 aliphatic carbocycles. The zero-order valence-corrected chi connectivity index (χ0v) is 14.4. The number of rotatable bonds is 0. The fourth-order valence-electron chi connectivity index (χ4n) is 2.73. The van der Waals surface area contributed by atoms with Gasteiger partial charge in [-0.1, -0.05) is 27.1 Å². The number of fused-ring (bicyclic) bond motifs is 6. The van der Waals surface area contributed by atoms with Gasteiger partial charge in [0.05, 0.1) is 0 Å². The molecule has 3 aromatic heterocycles. The van der Waals surface area contributed by atoms with Crippen LogP contribution < -0.4 is 0 Å². The Labute approximate surface area is 173 Å². The van der Waals surface area contributed by atoms with E-state index in [9.17, 15) is 15.8 Å². The van der Waals surface area contributed by atoms with Gasteiger partial charge < -0.3 is 14.5 Å². The Morgan fingerprint density at radius 3 is 1.10 bits per heavy atom. The smallest absolute Gasteiger partial charge is 0.307 e. The van der Waals surface area contributed by atoms with E-state index in [0.717, 1.165) is 0 Å². The van der Waals surface area contributed by atoms with Gasteiger partial charge in [0.15, 0.2) is 17.1 Å². The van der Waals surface area contributed by atoms with E-state index >= 15 is 0 Å². The van der Waals surface area contributed by atoms with Crippen LogP contribution in [0.3, 0.4) is 0 Å². The van der Waals surface area contributed by atoms with Gasteiger partial charge in [-0.05, 0) is 0 Å². The van der Waals surface area contributed by atoms with Gasteiger partial charge >= 0.3 is 5.82 Å². The average Bonchev–Trinajstić information content (AvgIpc) is 2.81. The Bertz CT molecular complexity index is 1350. The molecule has 4 rings (SSSR count). The molecule has 0 aliphatic heterocycles. The summed E-state index contributed by atoms with van der Waals surface area (Å²) in [5, 5.41) is 27.9. The summed E-state index contributed by atoms with van der Waals surface area (Å²) in [5.41, 5.74) is -0.854. The van der Waals surface area contributed by atoms with Gasteiger partial charge in [-0.25, -0.2) is 15.0 Å². The predicted molar refractivity (Wildman–Crippen MR) is 105 cm³/mol. The van der Waals surface area contributed by atoms with Crippen molar-refractivity contribution in [3.05, 3.63) is 51.3 Å². The second-order valence-corrected chi connectivity index (χ2v) is 5.45. The summed E-state index contributed by atoms with van der Waals surface area (Å²) in [4.78, 5) is 34.4. The predicted octanol–water partition coefficient (Wildman–Crippen LogP) is 3.42. The highest BCUT2D eigenvalue weighted by Gasteiger charge is 2.28. The summed E-state index contributed by atoms with van der Waals surface area (Å²) in [5.74, 6) is -0.890. The molecule has 3 heterocycles. The molecule has 4 aromatic rings. The number of hydrogen-bond donors (Lipinski definition) is 0. The number of nitrogens with zero attached hydrogens (tertiary/aromatic N) is 12. The molecule has 0 unspecified atom stereocenters. The standard InChI is InChI=1S/C18N12.CH4/c1-22-16-9(6-21)27-12-10-11(26-8(5-20)7(4-19)25-10)14-15(13(12)28-16)30-18(24-3)17(23-2)29-14;/h;1H4. The third-order valence-corrected chi connectivity index (χ3v) is 3.94. The largest absolute Gasteiger partial charge is 0.370 e. The Kier molecular flexibility index (Phi) is 4.69. The van der Waals surface area contributed by atoms with Crippen LogP contribution in [-0.4, -0.2) is 29.9 Å². The van der Waals surface area contributed by atoms with Crippen LogP contribution in [0, 0.1) is 53.7 Å². The van der Waals surface area contributed by atoms with Gasteiger partial charge in [0.25, 0.3) is 17.2 Å². The third-order valence-electron chi connectivity index (χ3n) is 3.94. The van der Waals surface area contributed by atoms with Crippen molar-refractivity contribution in [3.63, 3.8) is 0 Å². The maximum atomic E-state index is 9.30. The van der Waals surface area contributed by atoms with E-state index in [1.807, 2.05) is 0 Å². The molecule has 0 spiro atoms. The normalized spacial score (nSPS) is 9.48. The summed E-state index contributed by atoms with van der Waals surface area (Å²) >= 11 is 0. The molecular weight excluding hydrogens is 396 g/mol. The maximum absolute atomic E-state index is 9.30. The van der Waals surface area contributed by atoms with Gasteiger partial charge in [-0.3, -0.25) is 0 Å². The van der Waals surface area contributed by atoms with Crippen molar-refractivity contribution in [1.82, 2.24) is 29.9 Å². The summed E-state index contributed by atoms with van der Waals surface area (Å²) in [6.45, 7) is 21.7. The Morgan fingerprint density at radius 2 is 0.774 bits per heavy atom. The van der Waals surface area contributed by atoms with Crippen LogP contribution in [0.1, 0.15) is 24.5 Å². The summed E-state index contributed by atoms with van der Waals surface area (Å²) in [6, 6.07) is 5.29. The van der Waals surface area contributed by atoms with Crippen LogP contribution in [-0.2, 0) is 0 Å².